The van der Waals surface area contributed by atoms with Crippen molar-refractivity contribution in [2.45, 2.75) is 81.5 Å². The van der Waals surface area contributed by atoms with Gasteiger partial charge in [0.2, 0.25) is 0 Å². The van der Waals surface area contributed by atoms with E-state index in [1.807, 2.05) is 49.9 Å². The molecule has 6 aliphatic rings. The minimum absolute atomic E-state index is 0.0163. The zero-order chi connectivity index (χ0) is 28.3. The summed E-state index contributed by atoms with van der Waals surface area (Å²) in [6.45, 7) is 8.37. The Hall–Kier alpha value is -3.14. The van der Waals surface area contributed by atoms with Gasteiger partial charge >= 0.3 is 12.2 Å². The van der Waals surface area contributed by atoms with Crippen molar-refractivity contribution in [2.24, 2.45) is 0 Å². The molecule has 0 aromatic heterocycles. The molecule has 6 atom stereocenters. The number of piperidine rings is 2. The van der Waals surface area contributed by atoms with E-state index in [-0.39, 0.29) is 55.0 Å². The normalized spacial score (nSPS) is 30.6. The van der Waals surface area contributed by atoms with Gasteiger partial charge < -0.3 is 29.2 Å². The molecular formula is C32H39N3O6. The van der Waals surface area contributed by atoms with Crippen LogP contribution in [0.15, 0.2) is 48.5 Å². The van der Waals surface area contributed by atoms with E-state index >= 15 is 0 Å². The van der Waals surface area contributed by atoms with Gasteiger partial charge in [-0.25, -0.2) is 9.59 Å². The Morgan fingerprint density at radius 1 is 0.902 bits per heavy atom. The number of alkyl carbamates (subject to hydrolysis) is 1. The topological polar surface area (TPSA) is 89.6 Å². The van der Waals surface area contributed by atoms with Crippen molar-refractivity contribution in [1.29, 1.82) is 0 Å². The van der Waals surface area contributed by atoms with Crippen molar-refractivity contribution in [3.8, 4) is 11.1 Å². The molecule has 9 nitrogen and oxygen atoms in total. The third-order valence-corrected chi connectivity index (χ3v) is 9.30. The van der Waals surface area contributed by atoms with Gasteiger partial charge in [0.05, 0.1) is 25.3 Å². The first-order valence-electron chi connectivity index (χ1n) is 14.9. The second-order valence-corrected chi connectivity index (χ2v) is 13.0. The number of carbonyl (C=O) groups is 2. The second kappa shape index (κ2) is 10.3. The first-order chi connectivity index (χ1) is 19.8. The van der Waals surface area contributed by atoms with Gasteiger partial charge in [0, 0.05) is 31.1 Å². The third kappa shape index (κ3) is 4.87. The van der Waals surface area contributed by atoms with Crippen LogP contribution in [0.3, 0.4) is 0 Å². The van der Waals surface area contributed by atoms with Crippen LogP contribution < -0.4 is 5.32 Å². The summed E-state index contributed by atoms with van der Waals surface area (Å²) in [4.78, 5) is 30.1. The minimum Gasteiger partial charge on any atom is -0.449 e. The highest BCUT2D eigenvalue weighted by atomic mass is 16.6. The molecule has 5 saturated heterocycles. The average Bonchev–Trinajstić information content (AvgIpc) is 3.64. The fourth-order valence-corrected chi connectivity index (χ4v) is 7.49. The number of amides is 2. The predicted molar refractivity (Wildman–Crippen MR) is 152 cm³/mol. The maximum Gasteiger partial charge on any atom is 0.410 e. The van der Waals surface area contributed by atoms with E-state index in [2.05, 4.69) is 34.5 Å². The number of ether oxygens (including phenoxy) is 4. The molecule has 1 unspecified atom stereocenters. The molecule has 218 valence electrons. The van der Waals surface area contributed by atoms with Gasteiger partial charge in [-0.05, 0) is 55.9 Å². The van der Waals surface area contributed by atoms with Crippen LogP contribution in [-0.2, 0) is 18.9 Å². The zero-order valence-electron chi connectivity index (χ0n) is 24.0. The van der Waals surface area contributed by atoms with Gasteiger partial charge in [-0.1, -0.05) is 48.5 Å². The lowest BCUT2D eigenvalue weighted by Gasteiger charge is -2.53. The van der Waals surface area contributed by atoms with Crippen molar-refractivity contribution in [3.63, 3.8) is 0 Å². The van der Waals surface area contributed by atoms with Crippen LogP contribution in [0.2, 0.25) is 0 Å². The van der Waals surface area contributed by atoms with E-state index in [1.54, 1.807) is 0 Å². The van der Waals surface area contributed by atoms with E-state index in [0.29, 0.717) is 19.8 Å². The van der Waals surface area contributed by atoms with E-state index in [4.69, 9.17) is 18.9 Å². The summed E-state index contributed by atoms with van der Waals surface area (Å²) >= 11 is 0. The molecule has 5 fully saturated rings. The summed E-state index contributed by atoms with van der Waals surface area (Å²) in [5, 5.41) is 3.02. The van der Waals surface area contributed by atoms with Gasteiger partial charge in [0.25, 0.3) is 0 Å². The van der Waals surface area contributed by atoms with Crippen LogP contribution in [0.25, 0.3) is 11.1 Å². The van der Waals surface area contributed by atoms with Crippen molar-refractivity contribution >= 4 is 12.2 Å². The molecule has 0 spiro atoms. The molecule has 1 aliphatic carbocycles. The number of benzene rings is 2. The molecule has 5 heterocycles. The maximum absolute atomic E-state index is 13.0. The Labute approximate surface area is 241 Å². The Balaban J connectivity index is 0.948. The number of piperazine rings is 1. The molecule has 2 aromatic rings. The summed E-state index contributed by atoms with van der Waals surface area (Å²) in [6, 6.07) is 16.8. The number of fused-ring (bicyclic) bond motifs is 7. The smallest absolute Gasteiger partial charge is 0.410 e. The number of hydrogen-bond donors (Lipinski definition) is 1. The number of carbonyl (C=O) groups excluding carboxylic acids is 2. The molecule has 9 heteroatoms. The molecule has 5 aliphatic heterocycles. The average molecular weight is 562 g/mol. The van der Waals surface area contributed by atoms with E-state index in [9.17, 15) is 9.59 Å². The summed E-state index contributed by atoms with van der Waals surface area (Å²) in [5.74, 6) is 0.0163. The standard InChI is InChI=1S/C32H39N3O6/c1-32(2,3)41-31(37)35-15-19-12-13-20(35)14-34(19)27-18-39-28-26(17-38-29(27)28)33-30(36)40-16-25-23-10-6-4-8-21(23)22-9-5-7-11-24(22)25/h4-11,19-20,25-29H,12-18H2,1-3H3,(H,33,36)/t19?,20-,26-,27-,28+,29+/m0/s1. The quantitative estimate of drug-likeness (QED) is 0.600. The van der Waals surface area contributed by atoms with Gasteiger partial charge in [0.15, 0.2) is 0 Å². The Bertz CT molecular complexity index is 1280. The highest BCUT2D eigenvalue weighted by Crippen LogP contribution is 2.44. The summed E-state index contributed by atoms with van der Waals surface area (Å²) in [5.41, 5.74) is 4.28. The van der Waals surface area contributed by atoms with Gasteiger partial charge in [-0.2, -0.15) is 0 Å². The van der Waals surface area contributed by atoms with E-state index in [0.717, 1.165) is 19.4 Å². The number of nitrogens with one attached hydrogen (secondary N) is 1. The van der Waals surface area contributed by atoms with Crippen molar-refractivity contribution in [3.05, 3.63) is 59.7 Å². The Morgan fingerprint density at radius 3 is 2.22 bits per heavy atom. The van der Waals surface area contributed by atoms with Gasteiger partial charge in [-0.3, -0.25) is 4.90 Å². The molecule has 0 radical (unpaired) electrons. The van der Waals surface area contributed by atoms with Crippen LogP contribution in [-0.4, -0.2) is 96.9 Å². The zero-order valence-corrected chi connectivity index (χ0v) is 24.0. The van der Waals surface area contributed by atoms with E-state index in [1.165, 1.54) is 22.3 Å². The second-order valence-electron chi connectivity index (χ2n) is 13.0. The van der Waals surface area contributed by atoms with Crippen LogP contribution >= 0.6 is 0 Å². The highest BCUT2D eigenvalue weighted by Gasteiger charge is 2.54. The third-order valence-electron chi connectivity index (χ3n) is 9.30. The number of hydrogen-bond acceptors (Lipinski definition) is 7. The van der Waals surface area contributed by atoms with Crippen LogP contribution in [0.4, 0.5) is 9.59 Å². The largest absolute Gasteiger partial charge is 0.449 e. The predicted octanol–water partition coefficient (Wildman–Crippen LogP) is 4.14. The summed E-state index contributed by atoms with van der Waals surface area (Å²) in [6.07, 6.45) is 1.01. The van der Waals surface area contributed by atoms with Crippen molar-refractivity contribution in [2.75, 3.05) is 32.9 Å². The molecule has 2 bridgehead atoms. The first-order valence-corrected chi connectivity index (χ1v) is 14.9. The summed E-state index contributed by atoms with van der Waals surface area (Å²) in [7, 11) is 0. The van der Waals surface area contributed by atoms with Gasteiger partial charge in [0.1, 0.15) is 24.4 Å². The molecule has 0 saturated carbocycles. The maximum atomic E-state index is 13.0. The Morgan fingerprint density at radius 2 is 1.56 bits per heavy atom. The Kier molecular flexibility index (Phi) is 6.71. The minimum atomic E-state index is -0.507. The fourth-order valence-electron chi connectivity index (χ4n) is 7.49. The van der Waals surface area contributed by atoms with Crippen LogP contribution in [0.1, 0.15) is 50.7 Å². The SMILES string of the molecule is CC(C)(C)OC(=O)N1CC2CC[C@H]1CN2[C@H]1CO[C@H]2[C@@H]1OC[C@@H]2NC(=O)OCC1c2ccccc2-c2ccccc21. The number of rotatable bonds is 4. The van der Waals surface area contributed by atoms with Crippen LogP contribution in [0.5, 0.6) is 0 Å². The molecule has 2 amide bonds. The van der Waals surface area contributed by atoms with E-state index < -0.39 is 11.7 Å². The van der Waals surface area contributed by atoms with Crippen molar-refractivity contribution < 1.29 is 28.5 Å². The van der Waals surface area contributed by atoms with Crippen molar-refractivity contribution in [1.82, 2.24) is 15.1 Å². The fraction of sp³-hybridized carbons (Fsp3) is 0.562. The lowest BCUT2D eigenvalue weighted by atomic mass is 9.88. The first kappa shape index (κ1) is 26.7. The lowest BCUT2D eigenvalue weighted by molar-refractivity contribution is -0.0724. The number of nitrogens with zero attached hydrogens (tertiary/aromatic N) is 2. The molecular weight excluding hydrogens is 522 g/mol. The van der Waals surface area contributed by atoms with Gasteiger partial charge in [-0.15, -0.1) is 0 Å². The lowest BCUT2D eigenvalue weighted by Crippen LogP contribution is -2.67. The molecule has 2 aromatic carbocycles. The highest BCUT2D eigenvalue weighted by molar-refractivity contribution is 5.79. The molecule has 8 rings (SSSR count). The molecule has 1 N–H and O–H groups in total. The summed E-state index contributed by atoms with van der Waals surface area (Å²) < 4.78 is 23.9. The molecule has 41 heavy (non-hydrogen) atoms. The van der Waals surface area contributed by atoms with Crippen LogP contribution in [0, 0.1) is 0 Å². The monoisotopic (exact) mass is 561 g/mol.